The first-order chi connectivity index (χ1) is 10.0. The lowest BCUT2D eigenvalue weighted by molar-refractivity contribution is 0.185. The summed E-state index contributed by atoms with van der Waals surface area (Å²) in [6.45, 7) is 4.79. The van der Waals surface area contributed by atoms with Crippen molar-refractivity contribution in [2.24, 2.45) is 5.92 Å². The second-order valence-corrected chi connectivity index (χ2v) is 6.49. The normalized spacial score (nSPS) is 11.1. The number of nitrogens with zero attached hydrogens (tertiary/aromatic N) is 1. The number of rotatable bonds is 5. The van der Waals surface area contributed by atoms with Gasteiger partial charge in [-0.05, 0) is 46.6 Å². The van der Waals surface area contributed by atoms with Crippen LogP contribution < -0.4 is 5.56 Å². The van der Waals surface area contributed by atoms with Gasteiger partial charge >= 0.3 is 0 Å². The maximum Gasteiger partial charge on any atom is 0.264 e. The number of hydrogen-bond donors (Lipinski definition) is 1. The number of aromatic nitrogens is 2. The topological polar surface area (TPSA) is 55.0 Å². The third-order valence-electron chi connectivity index (χ3n) is 3.04. The Kier molecular flexibility index (Phi) is 5.52. The Labute approximate surface area is 138 Å². The Morgan fingerprint density at radius 1 is 1.38 bits per heavy atom. The van der Waals surface area contributed by atoms with Crippen LogP contribution in [-0.4, -0.2) is 17.1 Å². The second-order valence-electron chi connectivity index (χ2n) is 5.41. The fourth-order valence-electron chi connectivity index (χ4n) is 2.14. The van der Waals surface area contributed by atoms with E-state index in [2.05, 4.69) is 46.4 Å². The smallest absolute Gasteiger partial charge is 0.264 e. The highest BCUT2D eigenvalue weighted by Crippen LogP contribution is 2.19. The molecule has 1 heterocycles. The summed E-state index contributed by atoms with van der Waals surface area (Å²) in [5.41, 5.74) is 2.75. The molecule has 4 nitrogen and oxygen atoms in total. The van der Waals surface area contributed by atoms with Crippen LogP contribution in [-0.2, 0) is 17.8 Å². The summed E-state index contributed by atoms with van der Waals surface area (Å²) >= 11 is 2.07. The number of nitrogens with one attached hydrogen (secondary N) is 1. The molecule has 5 heteroatoms. The lowest BCUT2D eigenvalue weighted by atomic mass is 10.1. The molecule has 1 aromatic carbocycles. The van der Waals surface area contributed by atoms with E-state index < -0.39 is 0 Å². The lowest BCUT2D eigenvalue weighted by Crippen LogP contribution is -2.17. The molecule has 0 saturated heterocycles. The molecule has 1 aromatic heterocycles. The zero-order chi connectivity index (χ0) is 15.4. The molecule has 0 aliphatic heterocycles. The van der Waals surface area contributed by atoms with Gasteiger partial charge in [-0.2, -0.15) is 0 Å². The summed E-state index contributed by atoms with van der Waals surface area (Å²) in [6, 6.07) is 7.88. The van der Waals surface area contributed by atoms with Crippen LogP contribution in [0.1, 0.15) is 25.1 Å². The van der Waals surface area contributed by atoms with Crippen molar-refractivity contribution in [3.63, 3.8) is 0 Å². The van der Waals surface area contributed by atoms with E-state index >= 15 is 0 Å². The lowest BCUT2D eigenvalue weighted by Gasteiger charge is -2.09. The molecule has 0 radical (unpaired) electrons. The molecule has 112 valence electrons. The number of methoxy groups -OCH3 is 1. The van der Waals surface area contributed by atoms with Crippen LogP contribution >= 0.6 is 22.6 Å². The highest BCUT2D eigenvalue weighted by atomic mass is 127. The van der Waals surface area contributed by atoms with Crippen molar-refractivity contribution in [1.82, 2.24) is 9.97 Å². The molecule has 21 heavy (non-hydrogen) atoms. The van der Waals surface area contributed by atoms with E-state index in [4.69, 9.17) is 4.74 Å². The summed E-state index contributed by atoms with van der Waals surface area (Å²) in [5.74, 6) is 1.08. The molecule has 1 N–H and O–H groups in total. The van der Waals surface area contributed by atoms with Crippen LogP contribution in [0.2, 0.25) is 0 Å². The molecule has 0 unspecified atom stereocenters. The van der Waals surface area contributed by atoms with Gasteiger partial charge in [0.25, 0.3) is 5.56 Å². The Morgan fingerprint density at radius 2 is 2.14 bits per heavy atom. The van der Waals surface area contributed by atoms with Gasteiger partial charge in [0.15, 0.2) is 0 Å². The van der Waals surface area contributed by atoms with E-state index in [-0.39, 0.29) is 5.56 Å². The summed E-state index contributed by atoms with van der Waals surface area (Å²) in [4.78, 5) is 19.6. The summed E-state index contributed by atoms with van der Waals surface area (Å²) < 4.78 is 5.82. The fraction of sp³-hybridized carbons (Fsp3) is 0.375. The molecule has 0 aliphatic rings. The van der Waals surface area contributed by atoms with Gasteiger partial charge < -0.3 is 9.72 Å². The third kappa shape index (κ3) is 4.14. The van der Waals surface area contributed by atoms with Crippen LogP contribution in [0.25, 0.3) is 11.4 Å². The fourth-order valence-corrected chi connectivity index (χ4v) is 2.61. The predicted molar refractivity (Wildman–Crippen MR) is 92.3 cm³/mol. The second kappa shape index (κ2) is 7.17. The van der Waals surface area contributed by atoms with Gasteiger partial charge in [0.2, 0.25) is 0 Å². The molecular formula is C16H19IN2O2. The van der Waals surface area contributed by atoms with E-state index in [0.29, 0.717) is 21.9 Å². The summed E-state index contributed by atoms with van der Waals surface area (Å²) in [5, 5.41) is 0. The van der Waals surface area contributed by atoms with E-state index in [0.717, 1.165) is 23.2 Å². The molecule has 0 spiro atoms. The van der Waals surface area contributed by atoms with Gasteiger partial charge in [-0.15, -0.1) is 0 Å². The average molecular weight is 398 g/mol. The number of hydrogen-bond acceptors (Lipinski definition) is 3. The number of ether oxygens (including phenoxy) is 1. The molecule has 0 fully saturated rings. The van der Waals surface area contributed by atoms with Gasteiger partial charge in [0.1, 0.15) is 5.82 Å². The minimum Gasteiger partial charge on any atom is -0.380 e. The van der Waals surface area contributed by atoms with Gasteiger partial charge in [0, 0.05) is 12.7 Å². The first-order valence-electron chi connectivity index (χ1n) is 6.88. The highest BCUT2D eigenvalue weighted by Gasteiger charge is 2.12. The quantitative estimate of drug-likeness (QED) is 0.786. The Hall–Kier alpha value is -1.21. The summed E-state index contributed by atoms with van der Waals surface area (Å²) in [7, 11) is 1.67. The molecule has 0 atom stereocenters. The van der Waals surface area contributed by atoms with Crippen LogP contribution in [0.3, 0.4) is 0 Å². The van der Waals surface area contributed by atoms with Crippen molar-refractivity contribution in [2.75, 3.05) is 7.11 Å². The standard InChI is InChI=1S/C16H19IN2O2/c1-10(2)7-13-14(17)16(20)19-15(18-13)12-6-4-5-11(8-12)9-21-3/h4-6,8,10H,7,9H2,1-3H3,(H,18,19,20). The zero-order valence-corrected chi connectivity index (χ0v) is 14.6. The predicted octanol–water partition coefficient (Wildman–Crippen LogP) is 3.39. The van der Waals surface area contributed by atoms with Gasteiger partial charge in [-0.1, -0.05) is 32.0 Å². The van der Waals surface area contributed by atoms with Crippen LogP contribution in [0.15, 0.2) is 29.1 Å². The minimum atomic E-state index is -0.0756. The molecule has 0 amide bonds. The molecule has 2 aromatic rings. The molecule has 0 bridgehead atoms. The molecular weight excluding hydrogens is 379 g/mol. The average Bonchev–Trinajstić information content (AvgIpc) is 2.44. The number of aromatic amines is 1. The van der Waals surface area contributed by atoms with E-state index in [1.54, 1.807) is 7.11 Å². The highest BCUT2D eigenvalue weighted by molar-refractivity contribution is 14.1. The SMILES string of the molecule is COCc1cccc(-c2nc(CC(C)C)c(I)c(=O)[nH]2)c1. The van der Waals surface area contributed by atoms with Crippen LogP contribution in [0, 0.1) is 9.49 Å². The van der Waals surface area contributed by atoms with E-state index in [1.807, 2.05) is 24.3 Å². The first kappa shape index (κ1) is 16.2. The van der Waals surface area contributed by atoms with Crippen LogP contribution in [0.4, 0.5) is 0 Å². The Bertz CT molecular complexity index is 680. The van der Waals surface area contributed by atoms with Crippen molar-refractivity contribution in [3.05, 3.63) is 49.4 Å². The monoisotopic (exact) mass is 398 g/mol. The Balaban J connectivity index is 2.46. The largest absolute Gasteiger partial charge is 0.380 e. The summed E-state index contributed by atoms with van der Waals surface area (Å²) in [6.07, 6.45) is 0.799. The third-order valence-corrected chi connectivity index (χ3v) is 4.16. The number of H-pyrrole nitrogens is 1. The Morgan fingerprint density at radius 3 is 2.81 bits per heavy atom. The maximum absolute atomic E-state index is 12.1. The molecule has 0 saturated carbocycles. The number of benzene rings is 1. The van der Waals surface area contributed by atoms with Crippen molar-refractivity contribution in [1.29, 1.82) is 0 Å². The van der Waals surface area contributed by atoms with Crippen molar-refractivity contribution in [2.45, 2.75) is 26.9 Å². The molecule has 0 aliphatic carbocycles. The maximum atomic E-state index is 12.1. The van der Waals surface area contributed by atoms with Gasteiger partial charge in [-0.25, -0.2) is 4.98 Å². The van der Waals surface area contributed by atoms with Gasteiger partial charge in [-0.3, -0.25) is 4.79 Å². The van der Waals surface area contributed by atoms with Gasteiger partial charge in [0.05, 0.1) is 15.9 Å². The van der Waals surface area contributed by atoms with E-state index in [9.17, 15) is 4.79 Å². The minimum absolute atomic E-state index is 0.0756. The first-order valence-corrected chi connectivity index (χ1v) is 7.96. The van der Waals surface area contributed by atoms with E-state index in [1.165, 1.54) is 0 Å². The van der Waals surface area contributed by atoms with Crippen molar-refractivity contribution >= 4 is 22.6 Å². The van der Waals surface area contributed by atoms with Crippen LogP contribution in [0.5, 0.6) is 0 Å². The zero-order valence-electron chi connectivity index (χ0n) is 12.4. The number of halogens is 1. The van der Waals surface area contributed by atoms with Crippen molar-refractivity contribution in [3.8, 4) is 11.4 Å². The van der Waals surface area contributed by atoms with Crippen molar-refractivity contribution < 1.29 is 4.74 Å². The molecule has 2 rings (SSSR count).